The van der Waals surface area contributed by atoms with Crippen molar-refractivity contribution in [1.82, 2.24) is 9.97 Å². The maximum atomic E-state index is 11.8. The van der Waals surface area contributed by atoms with Crippen LogP contribution in [0.5, 0.6) is 0 Å². The van der Waals surface area contributed by atoms with Crippen molar-refractivity contribution in [2.24, 2.45) is 0 Å². The molecule has 2 aromatic heterocycles. The van der Waals surface area contributed by atoms with Crippen LogP contribution in [-0.2, 0) is 9.84 Å². The molecule has 108 valence electrons. The van der Waals surface area contributed by atoms with Gasteiger partial charge in [0.1, 0.15) is 10.8 Å². The number of hydrogen-bond acceptors (Lipinski definition) is 4. The van der Waals surface area contributed by atoms with E-state index in [2.05, 4.69) is 15.3 Å². The average molecular weight is 322 g/mol. The molecule has 0 aliphatic carbocycles. The van der Waals surface area contributed by atoms with E-state index >= 15 is 0 Å². The van der Waals surface area contributed by atoms with Crippen molar-refractivity contribution in [1.29, 1.82) is 0 Å². The Morgan fingerprint density at radius 1 is 1.19 bits per heavy atom. The maximum absolute atomic E-state index is 11.8. The SMILES string of the molecule is CS(=O)(=O)c1ccccc1Nc1cc(Cl)nc2[nH]ccc12. The summed E-state index contributed by atoms with van der Waals surface area (Å²) in [7, 11) is -3.32. The molecule has 0 saturated heterocycles. The number of aromatic nitrogens is 2. The van der Waals surface area contributed by atoms with Crippen LogP contribution in [0.3, 0.4) is 0 Å². The maximum Gasteiger partial charge on any atom is 0.177 e. The summed E-state index contributed by atoms with van der Waals surface area (Å²) in [5, 5.41) is 4.28. The van der Waals surface area contributed by atoms with E-state index in [4.69, 9.17) is 11.6 Å². The van der Waals surface area contributed by atoms with Gasteiger partial charge in [-0.1, -0.05) is 23.7 Å². The summed E-state index contributed by atoms with van der Waals surface area (Å²) >= 11 is 5.99. The number of nitrogens with zero attached hydrogens (tertiary/aromatic N) is 1. The summed E-state index contributed by atoms with van der Waals surface area (Å²) in [5.41, 5.74) is 1.84. The second-order valence-electron chi connectivity index (χ2n) is 4.63. The first-order chi connectivity index (χ1) is 9.95. The van der Waals surface area contributed by atoms with Gasteiger partial charge in [0.05, 0.1) is 16.3 Å². The molecule has 0 aliphatic heterocycles. The summed E-state index contributed by atoms with van der Waals surface area (Å²) in [5.74, 6) is 0. The van der Waals surface area contributed by atoms with E-state index in [9.17, 15) is 8.42 Å². The number of nitrogens with one attached hydrogen (secondary N) is 2. The molecule has 21 heavy (non-hydrogen) atoms. The number of halogens is 1. The molecular weight excluding hydrogens is 310 g/mol. The third-order valence-electron chi connectivity index (χ3n) is 3.05. The Bertz CT molecular complexity index is 919. The molecule has 0 amide bonds. The Morgan fingerprint density at radius 2 is 1.95 bits per heavy atom. The predicted molar refractivity (Wildman–Crippen MR) is 83.9 cm³/mol. The minimum absolute atomic E-state index is 0.238. The van der Waals surface area contributed by atoms with Crippen molar-refractivity contribution in [2.75, 3.05) is 11.6 Å². The molecule has 3 aromatic rings. The molecule has 0 fully saturated rings. The molecule has 0 unspecified atom stereocenters. The highest BCUT2D eigenvalue weighted by atomic mass is 35.5. The van der Waals surface area contributed by atoms with Gasteiger partial charge in [0.2, 0.25) is 0 Å². The normalized spacial score (nSPS) is 11.7. The summed E-state index contributed by atoms with van der Waals surface area (Å²) in [4.78, 5) is 7.38. The largest absolute Gasteiger partial charge is 0.354 e. The number of fused-ring (bicyclic) bond motifs is 1. The summed E-state index contributed by atoms with van der Waals surface area (Å²) in [6.45, 7) is 0. The van der Waals surface area contributed by atoms with Gasteiger partial charge in [-0.2, -0.15) is 0 Å². The zero-order chi connectivity index (χ0) is 15.0. The number of anilines is 2. The lowest BCUT2D eigenvalue weighted by atomic mass is 10.2. The molecule has 2 N–H and O–H groups in total. The smallest absolute Gasteiger partial charge is 0.177 e. The van der Waals surface area contributed by atoms with E-state index in [0.29, 0.717) is 22.2 Å². The fraction of sp³-hybridized carbons (Fsp3) is 0.0714. The van der Waals surface area contributed by atoms with Gasteiger partial charge in [-0.15, -0.1) is 0 Å². The molecule has 0 saturated carbocycles. The summed E-state index contributed by atoms with van der Waals surface area (Å²) < 4.78 is 23.7. The second kappa shape index (κ2) is 5.05. The third-order valence-corrected chi connectivity index (χ3v) is 4.40. The first-order valence-corrected chi connectivity index (χ1v) is 8.42. The van der Waals surface area contributed by atoms with Gasteiger partial charge in [0.25, 0.3) is 0 Å². The molecule has 5 nitrogen and oxygen atoms in total. The van der Waals surface area contributed by atoms with Gasteiger partial charge in [-0.3, -0.25) is 0 Å². The highest BCUT2D eigenvalue weighted by molar-refractivity contribution is 7.90. The van der Waals surface area contributed by atoms with E-state index in [0.717, 1.165) is 5.39 Å². The van der Waals surface area contributed by atoms with Crippen molar-refractivity contribution in [3.63, 3.8) is 0 Å². The fourth-order valence-electron chi connectivity index (χ4n) is 2.15. The fourth-order valence-corrected chi connectivity index (χ4v) is 3.19. The topological polar surface area (TPSA) is 74.8 Å². The lowest BCUT2D eigenvalue weighted by molar-refractivity contribution is 0.602. The van der Waals surface area contributed by atoms with Crippen molar-refractivity contribution in [2.45, 2.75) is 4.90 Å². The van der Waals surface area contributed by atoms with Crippen LogP contribution in [0.2, 0.25) is 5.15 Å². The minimum Gasteiger partial charge on any atom is -0.354 e. The quantitative estimate of drug-likeness (QED) is 0.725. The van der Waals surface area contributed by atoms with E-state index < -0.39 is 9.84 Å². The molecular formula is C14H12ClN3O2S. The molecule has 0 atom stereocenters. The van der Waals surface area contributed by atoms with Gasteiger partial charge in [0.15, 0.2) is 9.84 Å². The van der Waals surface area contributed by atoms with E-state index in [1.54, 1.807) is 36.5 Å². The van der Waals surface area contributed by atoms with Crippen LogP contribution in [0.25, 0.3) is 11.0 Å². The first-order valence-electron chi connectivity index (χ1n) is 6.15. The highest BCUT2D eigenvalue weighted by Crippen LogP contribution is 2.30. The first kappa shape index (κ1) is 13.9. The van der Waals surface area contributed by atoms with Gasteiger partial charge in [-0.05, 0) is 24.3 Å². The molecule has 2 heterocycles. The lowest BCUT2D eigenvalue weighted by Gasteiger charge is -2.11. The number of rotatable bonds is 3. The third kappa shape index (κ3) is 2.72. The van der Waals surface area contributed by atoms with Crippen LogP contribution >= 0.6 is 11.6 Å². The van der Waals surface area contributed by atoms with Gasteiger partial charge in [-0.25, -0.2) is 13.4 Å². The van der Waals surface area contributed by atoms with E-state index in [1.165, 1.54) is 6.26 Å². The molecule has 3 rings (SSSR count). The number of hydrogen-bond donors (Lipinski definition) is 2. The highest BCUT2D eigenvalue weighted by Gasteiger charge is 2.14. The van der Waals surface area contributed by atoms with Crippen LogP contribution in [-0.4, -0.2) is 24.6 Å². The van der Waals surface area contributed by atoms with Crippen molar-refractivity contribution in [3.05, 3.63) is 47.7 Å². The Morgan fingerprint density at radius 3 is 2.71 bits per heavy atom. The number of pyridine rings is 1. The van der Waals surface area contributed by atoms with Gasteiger partial charge in [0, 0.05) is 17.8 Å². The molecule has 0 bridgehead atoms. The number of para-hydroxylation sites is 1. The Kier molecular flexibility index (Phi) is 3.35. The second-order valence-corrected chi connectivity index (χ2v) is 7.00. The van der Waals surface area contributed by atoms with Gasteiger partial charge >= 0.3 is 0 Å². The number of aromatic amines is 1. The van der Waals surface area contributed by atoms with Crippen molar-refractivity contribution in [3.8, 4) is 0 Å². The Hall–Kier alpha value is -2.05. The lowest BCUT2D eigenvalue weighted by Crippen LogP contribution is -2.02. The monoisotopic (exact) mass is 321 g/mol. The number of benzene rings is 1. The summed E-state index contributed by atoms with van der Waals surface area (Å²) in [6, 6.07) is 10.2. The average Bonchev–Trinajstić information content (AvgIpc) is 2.86. The summed E-state index contributed by atoms with van der Waals surface area (Å²) in [6.07, 6.45) is 2.93. The Balaban J connectivity index is 2.14. The van der Waals surface area contributed by atoms with Crippen LogP contribution < -0.4 is 5.32 Å². The Labute approximate surface area is 126 Å². The molecule has 0 radical (unpaired) electrons. The van der Waals surface area contributed by atoms with Crippen LogP contribution in [0.15, 0.2) is 47.5 Å². The zero-order valence-corrected chi connectivity index (χ0v) is 12.7. The standard InChI is InChI=1S/C14H12ClN3O2S/c1-21(19,20)12-5-3-2-4-10(12)17-11-8-13(15)18-14-9(11)6-7-16-14/h2-8H,1H3,(H2,16,17,18). The van der Waals surface area contributed by atoms with Crippen molar-refractivity contribution >= 4 is 43.8 Å². The molecule has 0 aliphatic rings. The van der Waals surface area contributed by atoms with E-state index in [-0.39, 0.29) is 4.90 Å². The molecule has 7 heteroatoms. The minimum atomic E-state index is -3.32. The molecule has 0 spiro atoms. The van der Waals surface area contributed by atoms with Crippen LogP contribution in [0, 0.1) is 0 Å². The number of H-pyrrole nitrogens is 1. The van der Waals surface area contributed by atoms with E-state index in [1.807, 2.05) is 6.07 Å². The van der Waals surface area contributed by atoms with Crippen molar-refractivity contribution < 1.29 is 8.42 Å². The number of sulfone groups is 1. The predicted octanol–water partition coefficient (Wildman–Crippen LogP) is 3.36. The van der Waals surface area contributed by atoms with Crippen LogP contribution in [0.1, 0.15) is 0 Å². The zero-order valence-electron chi connectivity index (χ0n) is 11.1. The van der Waals surface area contributed by atoms with Gasteiger partial charge < -0.3 is 10.3 Å². The molecule has 1 aromatic carbocycles. The van der Waals surface area contributed by atoms with Crippen LogP contribution in [0.4, 0.5) is 11.4 Å².